The van der Waals surface area contributed by atoms with Gasteiger partial charge in [0, 0.05) is 37.3 Å². The van der Waals surface area contributed by atoms with Crippen LogP contribution in [0.5, 0.6) is 5.88 Å². The van der Waals surface area contributed by atoms with E-state index in [1.54, 1.807) is 24.0 Å². The summed E-state index contributed by atoms with van der Waals surface area (Å²) < 4.78 is 35.0. The van der Waals surface area contributed by atoms with Crippen LogP contribution >= 0.6 is 0 Å². The molecule has 2 aromatic heterocycles. The number of carbonyl (C=O) groups is 1. The Morgan fingerprint density at radius 2 is 2.18 bits per heavy atom. The van der Waals surface area contributed by atoms with Gasteiger partial charge in [0.1, 0.15) is 0 Å². The Morgan fingerprint density at radius 3 is 2.85 bits per heavy atom. The summed E-state index contributed by atoms with van der Waals surface area (Å²) in [5, 5.41) is 19.9. The highest BCUT2D eigenvalue weighted by atomic mass is 19.3. The summed E-state index contributed by atoms with van der Waals surface area (Å²) in [7, 11) is 0. The molecule has 1 unspecified atom stereocenters. The van der Waals surface area contributed by atoms with E-state index >= 15 is 0 Å². The lowest BCUT2D eigenvalue weighted by molar-refractivity contribution is -0.125. The van der Waals surface area contributed by atoms with Crippen LogP contribution in [-0.4, -0.2) is 62.8 Å². The summed E-state index contributed by atoms with van der Waals surface area (Å²) in [4.78, 5) is 28.5. The predicted octanol–water partition coefficient (Wildman–Crippen LogP) is 1.90. The van der Waals surface area contributed by atoms with E-state index in [4.69, 9.17) is 4.74 Å². The molecule has 2 aliphatic rings. The molecule has 2 atom stereocenters. The van der Waals surface area contributed by atoms with E-state index < -0.39 is 42.4 Å². The van der Waals surface area contributed by atoms with Gasteiger partial charge < -0.3 is 20.1 Å². The maximum absolute atomic E-state index is 14.7. The first kappa shape index (κ1) is 23.2. The Labute approximate surface area is 189 Å². The summed E-state index contributed by atoms with van der Waals surface area (Å²) >= 11 is 0. The van der Waals surface area contributed by atoms with Crippen LogP contribution in [0.4, 0.5) is 14.6 Å². The third-order valence-corrected chi connectivity index (χ3v) is 6.22. The lowest BCUT2D eigenvalue weighted by Crippen LogP contribution is -2.52. The predicted molar refractivity (Wildman–Crippen MR) is 115 cm³/mol. The summed E-state index contributed by atoms with van der Waals surface area (Å²) in [6, 6.07) is 3.82. The number of ether oxygens (including phenoxy) is 1. The number of nitrogens with one attached hydrogen (secondary N) is 2. The lowest BCUT2D eigenvalue weighted by Gasteiger charge is -2.40. The quantitative estimate of drug-likeness (QED) is 0.547. The van der Waals surface area contributed by atoms with Crippen LogP contribution < -0.4 is 15.6 Å². The molecule has 0 bridgehead atoms. The van der Waals surface area contributed by atoms with Gasteiger partial charge in [0.15, 0.2) is 5.82 Å². The molecule has 0 aromatic carbocycles. The molecule has 9 nitrogen and oxygen atoms in total. The second-order valence-corrected chi connectivity index (χ2v) is 8.68. The van der Waals surface area contributed by atoms with Gasteiger partial charge in [0.05, 0.1) is 25.2 Å². The monoisotopic (exact) mass is 463 g/mol. The number of carbonyl (C=O) groups excluding carboxylic acids is 1. The van der Waals surface area contributed by atoms with Gasteiger partial charge in [0.25, 0.3) is 11.5 Å². The first-order chi connectivity index (χ1) is 15.8. The van der Waals surface area contributed by atoms with Gasteiger partial charge in [-0.1, -0.05) is 0 Å². The summed E-state index contributed by atoms with van der Waals surface area (Å²) in [6.07, 6.45) is 3.13. The lowest BCUT2D eigenvalue weighted by atomic mass is 9.86. The largest absolute Gasteiger partial charge is 0.476 e. The molecule has 1 saturated heterocycles. The molecule has 1 aliphatic carbocycles. The van der Waals surface area contributed by atoms with Crippen molar-refractivity contribution in [3.05, 3.63) is 45.9 Å². The Kier molecular flexibility index (Phi) is 6.71. The average molecular weight is 463 g/mol. The van der Waals surface area contributed by atoms with Gasteiger partial charge in [-0.3, -0.25) is 14.5 Å². The van der Waals surface area contributed by atoms with Gasteiger partial charge in [-0.05, 0) is 43.4 Å². The Hall–Kier alpha value is -2.92. The molecule has 11 heteroatoms. The molecule has 3 N–H and O–H groups in total. The van der Waals surface area contributed by atoms with Crippen molar-refractivity contribution < 1.29 is 23.4 Å². The second-order valence-electron chi connectivity index (χ2n) is 8.68. The molecule has 0 spiro atoms. The second kappa shape index (κ2) is 9.52. The molecule has 2 fully saturated rings. The normalized spacial score (nSPS) is 21.4. The summed E-state index contributed by atoms with van der Waals surface area (Å²) in [5.41, 5.74) is -0.280. The molecule has 1 saturated carbocycles. The standard InChI is InChI=1S/C22H27F2N5O4/c1-13(20(31)26-18-4-5-19(28-27-18)33-12-14-2-3-14)29-7-6-22(23,24)17(10-29)15-8-16(11-30)21(32)25-9-15/h4-5,8-9,13-14,17,30H,2-3,6-7,10-12H2,1H3,(H,25,32)(H,26,27,31)/t13-,17?/m0/s1. The number of aliphatic hydroxyl groups is 1. The molecule has 2 aromatic rings. The van der Waals surface area contributed by atoms with Crippen LogP contribution in [0.3, 0.4) is 0 Å². The number of piperidine rings is 1. The minimum absolute atomic E-state index is 0.0225. The maximum atomic E-state index is 14.7. The van der Waals surface area contributed by atoms with E-state index in [1.165, 1.54) is 12.3 Å². The number of aliphatic hydroxyl groups excluding tert-OH is 1. The van der Waals surface area contributed by atoms with E-state index in [0.29, 0.717) is 18.4 Å². The maximum Gasteiger partial charge on any atom is 0.257 e. The molecule has 1 amide bonds. The van der Waals surface area contributed by atoms with Crippen molar-refractivity contribution >= 4 is 11.7 Å². The van der Waals surface area contributed by atoms with Crippen LogP contribution in [-0.2, 0) is 11.4 Å². The molecule has 33 heavy (non-hydrogen) atoms. The highest BCUT2D eigenvalue weighted by Gasteiger charge is 2.46. The molecular formula is C22H27F2N5O4. The number of hydrogen-bond acceptors (Lipinski definition) is 7. The number of hydrogen-bond donors (Lipinski definition) is 3. The van der Waals surface area contributed by atoms with Crippen LogP contribution in [0.2, 0.25) is 0 Å². The zero-order valence-corrected chi connectivity index (χ0v) is 18.3. The number of halogens is 2. The number of anilines is 1. The van der Waals surface area contributed by atoms with E-state index in [2.05, 4.69) is 20.5 Å². The van der Waals surface area contributed by atoms with Gasteiger partial charge in [-0.2, -0.15) is 0 Å². The summed E-state index contributed by atoms with van der Waals surface area (Å²) in [5.74, 6) is -3.42. The Balaban J connectivity index is 1.40. The molecule has 3 heterocycles. The SMILES string of the molecule is C[C@@H](C(=O)Nc1ccc(OCC2CC2)nn1)N1CCC(F)(F)C(c2c[nH]c(=O)c(CO)c2)C1. The molecule has 4 rings (SSSR count). The first-order valence-corrected chi connectivity index (χ1v) is 11.0. The van der Waals surface area contributed by atoms with E-state index in [9.17, 15) is 23.5 Å². The minimum Gasteiger partial charge on any atom is -0.476 e. The van der Waals surface area contributed by atoms with Crippen LogP contribution in [0, 0.1) is 5.92 Å². The molecule has 178 valence electrons. The molecular weight excluding hydrogens is 436 g/mol. The third kappa shape index (κ3) is 5.53. The number of alkyl halides is 2. The van der Waals surface area contributed by atoms with Crippen molar-refractivity contribution in [2.75, 3.05) is 25.0 Å². The van der Waals surface area contributed by atoms with Crippen molar-refractivity contribution in [1.82, 2.24) is 20.1 Å². The number of nitrogens with zero attached hydrogens (tertiary/aromatic N) is 3. The summed E-state index contributed by atoms with van der Waals surface area (Å²) in [6.45, 7) is 1.65. The zero-order valence-electron chi connectivity index (χ0n) is 18.3. The third-order valence-electron chi connectivity index (χ3n) is 6.22. The van der Waals surface area contributed by atoms with Crippen LogP contribution in [0.1, 0.15) is 43.2 Å². The van der Waals surface area contributed by atoms with Crippen molar-refractivity contribution in [2.24, 2.45) is 5.92 Å². The van der Waals surface area contributed by atoms with E-state index in [0.717, 1.165) is 12.8 Å². The number of amides is 1. The highest BCUT2D eigenvalue weighted by Crippen LogP contribution is 2.40. The number of rotatable bonds is 8. The first-order valence-electron chi connectivity index (χ1n) is 11.0. The number of H-pyrrole nitrogens is 1. The number of pyridine rings is 1. The average Bonchev–Trinajstić information content (AvgIpc) is 3.63. The fraction of sp³-hybridized carbons (Fsp3) is 0.545. The van der Waals surface area contributed by atoms with E-state index in [1.807, 2.05) is 0 Å². The zero-order chi connectivity index (χ0) is 23.6. The van der Waals surface area contributed by atoms with Crippen molar-refractivity contribution in [3.8, 4) is 5.88 Å². The fourth-order valence-electron chi connectivity index (χ4n) is 3.84. The molecule has 1 aliphatic heterocycles. The van der Waals surface area contributed by atoms with Crippen molar-refractivity contribution in [1.29, 1.82) is 0 Å². The number of aromatic amines is 1. The molecule has 0 radical (unpaired) electrons. The number of likely N-dealkylation sites (tertiary alicyclic amines) is 1. The van der Waals surface area contributed by atoms with Crippen LogP contribution in [0.15, 0.2) is 29.2 Å². The van der Waals surface area contributed by atoms with Crippen LogP contribution in [0.25, 0.3) is 0 Å². The fourth-order valence-corrected chi connectivity index (χ4v) is 3.84. The van der Waals surface area contributed by atoms with Gasteiger partial charge in [-0.25, -0.2) is 8.78 Å². The smallest absolute Gasteiger partial charge is 0.257 e. The Bertz CT molecular complexity index is 1040. The van der Waals surface area contributed by atoms with Crippen molar-refractivity contribution in [3.63, 3.8) is 0 Å². The van der Waals surface area contributed by atoms with Crippen molar-refractivity contribution in [2.45, 2.75) is 50.7 Å². The minimum atomic E-state index is -3.01. The Morgan fingerprint density at radius 1 is 1.39 bits per heavy atom. The highest BCUT2D eigenvalue weighted by molar-refractivity contribution is 5.93. The van der Waals surface area contributed by atoms with Gasteiger partial charge in [-0.15, -0.1) is 10.2 Å². The van der Waals surface area contributed by atoms with Gasteiger partial charge >= 0.3 is 0 Å². The topological polar surface area (TPSA) is 120 Å². The van der Waals surface area contributed by atoms with Gasteiger partial charge in [0.2, 0.25) is 11.8 Å². The number of aromatic nitrogens is 3. The van der Waals surface area contributed by atoms with E-state index in [-0.39, 0.29) is 30.0 Å².